The van der Waals surface area contributed by atoms with Gasteiger partial charge in [0.05, 0.1) is 19.3 Å². The first-order valence-corrected chi connectivity index (χ1v) is 10.6. The van der Waals surface area contributed by atoms with E-state index in [1.165, 1.54) is 11.8 Å². The molecule has 1 spiro atoms. The van der Waals surface area contributed by atoms with Crippen LogP contribution in [0.1, 0.15) is 16.7 Å². The van der Waals surface area contributed by atoms with E-state index in [0.717, 1.165) is 33.2 Å². The second-order valence-corrected chi connectivity index (χ2v) is 8.65. The fraction of sp³-hybridized carbons (Fsp3) is 0.130. The van der Waals surface area contributed by atoms with Crippen molar-refractivity contribution in [2.45, 2.75) is 11.4 Å². The van der Waals surface area contributed by atoms with Gasteiger partial charge in [-0.25, -0.2) is 0 Å². The molecule has 2 aliphatic heterocycles. The second kappa shape index (κ2) is 7.38. The van der Waals surface area contributed by atoms with Crippen molar-refractivity contribution in [3.05, 3.63) is 94.5 Å². The van der Waals surface area contributed by atoms with Gasteiger partial charge >= 0.3 is 0 Å². The highest BCUT2D eigenvalue weighted by Gasteiger charge is 2.55. The van der Waals surface area contributed by atoms with E-state index >= 15 is 0 Å². The lowest BCUT2D eigenvalue weighted by Gasteiger charge is -2.23. The van der Waals surface area contributed by atoms with Crippen molar-refractivity contribution < 1.29 is 9.53 Å². The quantitative estimate of drug-likeness (QED) is 0.642. The minimum atomic E-state index is -0.990. The van der Waals surface area contributed by atoms with Crippen LogP contribution in [0.3, 0.4) is 0 Å². The van der Waals surface area contributed by atoms with Gasteiger partial charge in [0.2, 0.25) is 4.87 Å². The Morgan fingerprint density at radius 2 is 1.90 bits per heavy atom. The average Bonchev–Trinajstić information content (AvgIpc) is 3.33. The number of carbonyl (C=O) groups is 1. The Morgan fingerprint density at radius 1 is 1.10 bits per heavy atom. The van der Waals surface area contributed by atoms with Gasteiger partial charge in [-0.05, 0) is 29.8 Å². The summed E-state index contributed by atoms with van der Waals surface area (Å²) in [6.07, 6.45) is 0. The van der Waals surface area contributed by atoms with Gasteiger partial charge < -0.3 is 9.64 Å². The van der Waals surface area contributed by atoms with Crippen molar-refractivity contribution >= 4 is 40.0 Å². The number of rotatable bonds is 4. The Balaban J connectivity index is 1.51. The number of hydrazone groups is 1. The van der Waals surface area contributed by atoms with Crippen molar-refractivity contribution in [2.75, 3.05) is 12.0 Å². The third-order valence-corrected chi connectivity index (χ3v) is 6.97. The van der Waals surface area contributed by atoms with Crippen molar-refractivity contribution in [3.8, 4) is 5.75 Å². The molecule has 2 heterocycles. The van der Waals surface area contributed by atoms with Gasteiger partial charge in [0.1, 0.15) is 10.8 Å². The van der Waals surface area contributed by atoms with E-state index in [0.29, 0.717) is 11.6 Å². The number of carbonyl (C=O) groups excluding carboxylic acids is 1. The predicted octanol–water partition coefficient (Wildman–Crippen LogP) is 4.75. The SMILES string of the molecule is COc1cccc(C2=NNC3(S2)C(=O)N(Cc2ccccc2Cl)c2ccccc23)c1. The molecule has 1 unspecified atom stereocenters. The standard InChI is InChI=1S/C23H18ClN3O2S/c1-29-17-9-6-8-15(13-17)21-25-26-23(30-21)18-10-3-5-12-20(18)27(22(23)28)14-16-7-2-4-11-19(16)24/h2-13,26H,14H2,1H3. The maximum atomic E-state index is 13.7. The predicted molar refractivity (Wildman–Crippen MR) is 121 cm³/mol. The van der Waals surface area contributed by atoms with Crippen LogP contribution >= 0.6 is 23.4 Å². The van der Waals surface area contributed by atoms with Crippen molar-refractivity contribution in [2.24, 2.45) is 5.10 Å². The average molecular weight is 436 g/mol. The Morgan fingerprint density at radius 3 is 2.73 bits per heavy atom. The van der Waals surface area contributed by atoms with Crippen LogP contribution in [-0.4, -0.2) is 18.1 Å². The van der Waals surface area contributed by atoms with Crippen molar-refractivity contribution in [1.82, 2.24) is 5.43 Å². The Labute approximate surface area is 183 Å². The maximum absolute atomic E-state index is 13.7. The Bertz CT molecular complexity index is 1180. The van der Waals surface area contributed by atoms with E-state index in [1.807, 2.05) is 72.8 Å². The lowest BCUT2D eigenvalue weighted by molar-refractivity contribution is -0.121. The summed E-state index contributed by atoms with van der Waals surface area (Å²) in [6.45, 7) is 0.397. The summed E-state index contributed by atoms with van der Waals surface area (Å²) >= 11 is 7.79. The van der Waals surface area contributed by atoms with Crippen LogP contribution in [0.25, 0.3) is 0 Å². The number of methoxy groups -OCH3 is 1. The molecule has 3 aromatic rings. The van der Waals surface area contributed by atoms with Crippen LogP contribution in [0.2, 0.25) is 5.02 Å². The Hall–Kier alpha value is -2.96. The van der Waals surface area contributed by atoms with E-state index in [2.05, 4.69) is 10.5 Å². The molecule has 2 aliphatic rings. The molecule has 7 heteroatoms. The summed E-state index contributed by atoms with van der Waals surface area (Å²) in [5, 5.41) is 5.92. The summed E-state index contributed by atoms with van der Waals surface area (Å²) in [4.78, 5) is 14.5. The Kier molecular flexibility index (Phi) is 4.68. The molecule has 0 saturated carbocycles. The van der Waals surface area contributed by atoms with Crippen molar-refractivity contribution in [3.63, 3.8) is 0 Å². The molecular formula is C23H18ClN3O2S. The number of halogens is 1. The third kappa shape index (κ3) is 2.95. The molecular weight excluding hydrogens is 418 g/mol. The van der Waals surface area contributed by atoms with Gasteiger partial charge in [-0.1, -0.05) is 71.9 Å². The first-order chi connectivity index (χ1) is 14.6. The summed E-state index contributed by atoms with van der Waals surface area (Å²) in [5.74, 6) is 0.686. The molecule has 0 saturated heterocycles. The highest BCUT2D eigenvalue weighted by molar-refractivity contribution is 8.16. The van der Waals surface area contributed by atoms with Crippen LogP contribution in [0.5, 0.6) is 5.75 Å². The first-order valence-electron chi connectivity index (χ1n) is 9.45. The largest absolute Gasteiger partial charge is 0.497 e. The molecule has 5 rings (SSSR count). The number of nitrogens with one attached hydrogen (secondary N) is 1. The second-order valence-electron chi connectivity index (χ2n) is 7.04. The zero-order chi connectivity index (χ0) is 20.7. The molecule has 3 aromatic carbocycles. The number of anilines is 1. The molecule has 1 atom stereocenters. The molecule has 150 valence electrons. The van der Waals surface area contributed by atoms with Gasteiger partial charge in [0.25, 0.3) is 5.91 Å². The number of hydrogen-bond acceptors (Lipinski definition) is 5. The van der Waals surface area contributed by atoms with E-state index in [-0.39, 0.29) is 5.91 Å². The number of fused-ring (bicyclic) bond motifs is 2. The van der Waals surface area contributed by atoms with Gasteiger partial charge in [-0.15, -0.1) is 0 Å². The molecule has 0 aliphatic carbocycles. The van der Waals surface area contributed by atoms with E-state index in [1.54, 1.807) is 12.0 Å². The number of ether oxygens (including phenoxy) is 1. The zero-order valence-electron chi connectivity index (χ0n) is 16.1. The van der Waals surface area contributed by atoms with Gasteiger partial charge in [-0.3, -0.25) is 10.2 Å². The molecule has 30 heavy (non-hydrogen) atoms. The van der Waals surface area contributed by atoms with Crippen molar-refractivity contribution in [1.29, 1.82) is 0 Å². The highest BCUT2D eigenvalue weighted by Crippen LogP contribution is 2.51. The van der Waals surface area contributed by atoms with Gasteiger partial charge in [-0.2, -0.15) is 5.10 Å². The van der Waals surface area contributed by atoms with E-state index < -0.39 is 4.87 Å². The summed E-state index contributed by atoms with van der Waals surface area (Å²) in [5.41, 5.74) is 6.70. The lowest BCUT2D eigenvalue weighted by Crippen LogP contribution is -2.44. The fourth-order valence-electron chi connectivity index (χ4n) is 3.78. The van der Waals surface area contributed by atoms with Crippen LogP contribution in [-0.2, 0) is 16.2 Å². The van der Waals surface area contributed by atoms with E-state index in [4.69, 9.17) is 16.3 Å². The molecule has 0 aromatic heterocycles. The minimum Gasteiger partial charge on any atom is -0.497 e. The smallest absolute Gasteiger partial charge is 0.270 e. The zero-order valence-corrected chi connectivity index (χ0v) is 17.7. The third-order valence-electron chi connectivity index (χ3n) is 5.29. The summed E-state index contributed by atoms with van der Waals surface area (Å²) < 4.78 is 5.33. The fourth-order valence-corrected chi connectivity index (χ4v) is 5.17. The van der Waals surface area contributed by atoms with Crippen LogP contribution in [0, 0.1) is 0 Å². The van der Waals surface area contributed by atoms with Crippen LogP contribution in [0.15, 0.2) is 77.9 Å². The molecule has 0 bridgehead atoms. The summed E-state index contributed by atoms with van der Waals surface area (Å²) in [6, 6.07) is 23.1. The number of thioether (sulfide) groups is 1. The highest BCUT2D eigenvalue weighted by atomic mass is 35.5. The number of hydrogen-bond donors (Lipinski definition) is 1. The molecule has 5 nitrogen and oxygen atoms in total. The normalized spacial score (nSPS) is 19.6. The minimum absolute atomic E-state index is 0.0599. The van der Waals surface area contributed by atoms with Gasteiger partial charge in [0, 0.05) is 16.1 Å². The molecule has 0 fully saturated rings. The number of nitrogens with zero attached hydrogens (tertiary/aromatic N) is 2. The first kappa shape index (κ1) is 19.0. The maximum Gasteiger partial charge on any atom is 0.270 e. The summed E-state index contributed by atoms with van der Waals surface area (Å²) in [7, 11) is 1.63. The topological polar surface area (TPSA) is 53.9 Å². The lowest BCUT2D eigenvalue weighted by atomic mass is 10.1. The van der Waals surface area contributed by atoms with Gasteiger partial charge in [0.15, 0.2) is 0 Å². The van der Waals surface area contributed by atoms with Crippen LogP contribution < -0.4 is 15.1 Å². The number of amides is 1. The number of benzene rings is 3. The molecule has 0 radical (unpaired) electrons. The van der Waals surface area contributed by atoms with Crippen LogP contribution in [0.4, 0.5) is 5.69 Å². The molecule has 1 N–H and O–H groups in total. The van der Waals surface area contributed by atoms with E-state index in [9.17, 15) is 4.79 Å². The monoisotopic (exact) mass is 435 g/mol. The number of para-hydroxylation sites is 1. The molecule has 1 amide bonds.